The molecule has 1 aliphatic rings. The number of aryl methyl sites for hydroxylation is 1. The number of rotatable bonds is 9. The van der Waals surface area contributed by atoms with E-state index in [9.17, 15) is 4.79 Å². The summed E-state index contributed by atoms with van der Waals surface area (Å²) in [6, 6.07) is 26.5. The molecule has 4 rings (SSSR count). The van der Waals surface area contributed by atoms with Crippen molar-refractivity contribution >= 4 is 5.78 Å². The molecule has 3 aromatic carbocycles. The molecule has 166 valence electrons. The summed E-state index contributed by atoms with van der Waals surface area (Å²) in [6.45, 7) is 8.20. The summed E-state index contributed by atoms with van der Waals surface area (Å²) >= 11 is 0. The van der Waals surface area contributed by atoms with Gasteiger partial charge in [-0.1, -0.05) is 67.6 Å². The average Bonchev–Trinajstić information content (AvgIpc) is 3.35. The lowest BCUT2D eigenvalue weighted by Gasteiger charge is -2.30. The van der Waals surface area contributed by atoms with Crippen molar-refractivity contribution in [3.8, 4) is 5.75 Å². The maximum atomic E-state index is 13.4. The minimum atomic E-state index is -0.390. The topological polar surface area (TPSA) is 29.5 Å². The van der Waals surface area contributed by atoms with Gasteiger partial charge in [0.25, 0.3) is 0 Å². The molecule has 0 unspecified atom stereocenters. The van der Waals surface area contributed by atoms with Gasteiger partial charge in [0, 0.05) is 23.9 Å². The largest absolute Gasteiger partial charge is 0.492 e. The predicted octanol–water partition coefficient (Wildman–Crippen LogP) is 6.05. The molecule has 0 amide bonds. The summed E-state index contributed by atoms with van der Waals surface area (Å²) < 4.78 is 6.02. The van der Waals surface area contributed by atoms with Crippen molar-refractivity contribution in [2.45, 2.75) is 38.5 Å². The molecule has 3 aromatic rings. The van der Waals surface area contributed by atoms with E-state index in [-0.39, 0.29) is 5.78 Å². The summed E-state index contributed by atoms with van der Waals surface area (Å²) in [7, 11) is 0. The van der Waals surface area contributed by atoms with Gasteiger partial charge in [0.2, 0.25) is 0 Å². The van der Waals surface area contributed by atoms with Crippen molar-refractivity contribution in [1.29, 1.82) is 0 Å². The van der Waals surface area contributed by atoms with Crippen molar-refractivity contribution in [2.24, 2.45) is 0 Å². The highest BCUT2D eigenvalue weighted by atomic mass is 16.5. The van der Waals surface area contributed by atoms with Gasteiger partial charge in [-0.15, -0.1) is 0 Å². The lowest BCUT2D eigenvalue weighted by atomic mass is 9.72. The smallest absolute Gasteiger partial charge is 0.164 e. The minimum Gasteiger partial charge on any atom is -0.492 e. The van der Waals surface area contributed by atoms with Crippen LogP contribution in [-0.2, 0) is 5.41 Å². The Hall–Kier alpha value is -2.91. The van der Waals surface area contributed by atoms with Crippen LogP contribution in [0.2, 0.25) is 0 Å². The van der Waals surface area contributed by atoms with Gasteiger partial charge in [-0.2, -0.15) is 0 Å². The van der Waals surface area contributed by atoms with E-state index in [2.05, 4.69) is 36.1 Å². The van der Waals surface area contributed by atoms with Crippen molar-refractivity contribution < 1.29 is 9.53 Å². The third-order valence-electron chi connectivity index (χ3n) is 6.70. The lowest BCUT2D eigenvalue weighted by Crippen LogP contribution is -2.27. The van der Waals surface area contributed by atoms with E-state index in [0.29, 0.717) is 13.0 Å². The molecule has 0 aliphatic carbocycles. The van der Waals surface area contributed by atoms with Gasteiger partial charge in [0.15, 0.2) is 5.78 Å². The van der Waals surface area contributed by atoms with Crippen molar-refractivity contribution in [3.05, 3.63) is 101 Å². The SMILES string of the molecule is Cc1cc(C(=O)CC(C)(c2ccccc2)c2ccccc2)ccc1OCCN1CCCC1. The van der Waals surface area contributed by atoms with Crippen LogP contribution in [0.15, 0.2) is 78.9 Å². The second-order valence-corrected chi connectivity index (χ2v) is 9.04. The Balaban J connectivity index is 1.49. The van der Waals surface area contributed by atoms with E-state index >= 15 is 0 Å². The Morgan fingerprint density at radius 2 is 1.50 bits per heavy atom. The van der Waals surface area contributed by atoms with Gasteiger partial charge < -0.3 is 4.74 Å². The number of carbonyl (C=O) groups is 1. The van der Waals surface area contributed by atoms with Gasteiger partial charge in [0.05, 0.1) is 0 Å². The number of hydrogen-bond donors (Lipinski definition) is 0. The summed E-state index contributed by atoms with van der Waals surface area (Å²) in [5, 5.41) is 0. The summed E-state index contributed by atoms with van der Waals surface area (Å²) in [5.74, 6) is 1.02. The fraction of sp³-hybridized carbons (Fsp3) is 0.345. The molecule has 1 aliphatic heterocycles. The van der Waals surface area contributed by atoms with Crippen LogP contribution in [0, 0.1) is 6.92 Å². The molecular formula is C29H33NO2. The first kappa shape index (κ1) is 22.3. The van der Waals surface area contributed by atoms with Gasteiger partial charge in [-0.3, -0.25) is 9.69 Å². The molecule has 1 saturated heterocycles. The Kier molecular flexibility index (Phi) is 7.06. The number of carbonyl (C=O) groups excluding carboxylic acids is 1. The maximum absolute atomic E-state index is 13.4. The first-order chi connectivity index (χ1) is 15.6. The molecular weight excluding hydrogens is 394 g/mol. The number of hydrogen-bond acceptors (Lipinski definition) is 3. The normalized spacial score (nSPS) is 14.4. The third kappa shape index (κ3) is 5.11. The van der Waals surface area contributed by atoms with Crippen LogP contribution in [0.4, 0.5) is 0 Å². The van der Waals surface area contributed by atoms with Gasteiger partial charge >= 0.3 is 0 Å². The molecule has 0 atom stereocenters. The Labute approximate surface area is 192 Å². The van der Waals surface area contributed by atoms with Gasteiger partial charge in [0.1, 0.15) is 12.4 Å². The molecule has 0 bridgehead atoms. The quantitative estimate of drug-likeness (QED) is 0.389. The number of ketones is 1. The fourth-order valence-corrected chi connectivity index (χ4v) is 4.68. The standard InChI is InChI=1S/C29H33NO2/c1-23-21-24(15-16-28(23)32-20-19-30-17-9-10-18-30)27(31)22-29(2,25-11-5-3-6-12-25)26-13-7-4-8-14-26/h3-8,11-16,21H,9-10,17-20,22H2,1-2H3. The highest BCUT2D eigenvalue weighted by Crippen LogP contribution is 2.36. The minimum absolute atomic E-state index is 0.145. The number of likely N-dealkylation sites (tertiary alicyclic amines) is 1. The van der Waals surface area contributed by atoms with Gasteiger partial charge in [-0.05, 0) is 67.7 Å². The zero-order chi connectivity index (χ0) is 22.4. The van der Waals surface area contributed by atoms with Crippen LogP contribution >= 0.6 is 0 Å². The molecule has 3 heteroatoms. The van der Waals surface area contributed by atoms with Crippen LogP contribution in [0.1, 0.15) is 53.2 Å². The first-order valence-electron chi connectivity index (χ1n) is 11.7. The number of benzene rings is 3. The zero-order valence-electron chi connectivity index (χ0n) is 19.2. The number of Topliss-reactive ketones (excluding diaryl/α,β-unsaturated/α-hetero) is 1. The second kappa shape index (κ2) is 10.1. The molecule has 0 aromatic heterocycles. The van der Waals surface area contributed by atoms with E-state index < -0.39 is 5.41 Å². The molecule has 0 N–H and O–H groups in total. The third-order valence-corrected chi connectivity index (χ3v) is 6.70. The second-order valence-electron chi connectivity index (χ2n) is 9.04. The molecule has 0 saturated carbocycles. The number of ether oxygens (including phenoxy) is 1. The first-order valence-corrected chi connectivity index (χ1v) is 11.7. The van der Waals surface area contributed by atoms with Crippen LogP contribution in [-0.4, -0.2) is 36.9 Å². The molecule has 32 heavy (non-hydrogen) atoms. The van der Waals surface area contributed by atoms with Crippen molar-refractivity contribution in [1.82, 2.24) is 4.90 Å². The summed E-state index contributed by atoms with van der Waals surface area (Å²) in [6.07, 6.45) is 3.00. The lowest BCUT2D eigenvalue weighted by molar-refractivity contribution is 0.0962. The Morgan fingerprint density at radius 3 is 2.06 bits per heavy atom. The monoisotopic (exact) mass is 427 g/mol. The maximum Gasteiger partial charge on any atom is 0.164 e. The highest BCUT2D eigenvalue weighted by Gasteiger charge is 2.32. The van der Waals surface area contributed by atoms with E-state index in [1.54, 1.807) is 0 Å². The predicted molar refractivity (Wildman–Crippen MR) is 131 cm³/mol. The summed E-state index contributed by atoms with van der Waals surface area (Å²) in [4.78, 5) is 15.9. The van der Waals surface area contributed by atoms with Crippen LogP contribution in [0.3, 0.4) is 0 Å². The zero-order valence-corrected chi connectivity index (χ0v) is 19.2. The average molecular weight is 428 g/mol. The molecule has 1 fully saturated rings. The number of nitrogens with zero attached hydrogens (tertiary/aromatic N) is 1. The van der Waals surface area contributed by atoms with Gasteiger partial charge in [-0.25, -0.2) is 0 Å². The van der Waals surface area contributed by atoms with Crippen molar-refractivity contribution in [3.63, 3.8) is 0 Å². The highest BCUT2D eigenvalue weighted by molar-refractivity contribution is 5.97. The van der Waals surface area contributed by atoms with E-state index in [1.165, 1.54) is 25.9 Å². The Morgan fingerprint density at radius 1 is 0.906 bits per heavy atom. The van der Waals surface area contributed by atoms with Crippen LogP contribution in [0.5, 0.6) is 5.75 Å². The molecule has 1 heterocycles. The summed E-state index contributed by atoms with van der Waals surface area (Å²) in [5.41, 5.74) is 3.67. The van der Waals surface area contributed by atoms with E-state index in [1.807, 2.05) is 61.5 Å². The molecule has 0 radical (unpaired) electrons. The fourth-order valence-electron chi connectivity index (χ4n) is 4.68. The molecule has 0 spiro atoms. The Bertz CT molecular complexity index is 984. The van der Waals surface area contributed by atoms with Crippen molar-refractivity contribution in [2.75, 3.05) is 26.2 Å². The van der Waals surface area contributed by atoms with Crippen LogP contribution in [0.25, 0.3) is 0 Å². The molecule has 3 nitrogen and oxygen atoms in total. The van der Waals surface area contributed by atoms with Crippen LogP contribution < -0.4 is 4.74 Å². The van der Waals surface area contributed by atoms with E-state index in [0.717, 1.165) is 34.5 Å². The van der Waals surface area contributed by atoms with E-state index in [4.69, 9.17) is 4.74 Å².